The van der Waals surface area contributed by atoms with Gasteiger partial charge < -0.3 is 4.85 Å². The second-order valence-electron chi connectivity index (χ2n) is 3.51. The third-order valence-corrected chi connectivity index (χ3v) is 2.22. The largest absolute Gasteiger partial charge is 0.316 e. The average molecular weight is 147 g/mol. The fraction of sp³-hybridized carbons (Fsp3) is 0.500. The van der Waals surface area contributed by atoms with Crippen LogP contribution >= 0.6 is 0 Å². The molecule has 0 N–H and O–H groups in total. The first kappa shape index (κ1) is 8.07. The van der Waals surface area contributed by atoms with Gasteiger partial charge in [-0.2, -0.15) is 0 Å². The quantitative estimate of drug-likeness (QED) is 0.502. The molecule has 0 bridgehead atoms. The highest BCUT2D eigenvalue weighted by atomic mass is 14.6. The maximum absolute atomic E-state index is 6.78. The van der Waals surface area contributed by atoms with E-state index < -0.39 is 0 Å². The molecule has 1 aliphatic rings. The molecule has 58 valence electrons. The van der Waals surface area contributed by atoms with Gasteiger partial charge in [-0.15, -0.1) is 0 Å². The minimum absolute atomic E-state index is 0.166. The lowest BCUT2D eigenvalue weighted by Gasteiger charge is -2.27. The molecule has 1 rings (SSSR count). The molecule has 0 amide bonds. The van der Waals surface area contributed by atoms with Crippen LogP contribution in [0.5, 0.6) is 0 Å². The van der Waals surface area contributed by atoms with E-state index in [0.717, 1.165) is 0 Å². The predicted octanol–water partition coefficient (Wildman–Crippen LogP) is 2.67. The lowest BCUT2D eigenvalue weighted by Crippen LogP contribution is -2.23. The van der Waals surface area contributed by atoms with E-state index in [1.54, 1.807) is 0 Å². The summed E-state index contributed by atoms with van der Waals surface area (Å²) >= 11 is 0. The van der Waals surface area contributed by atoms with E-state index in [1.807, 2.05) is 6.08 Å². The van der Waals surface area contributed by atoms with Gasteiger partial charge in [-0.3, -0.25) is 0 Å². The van der Waals surface area contributed by atoms with Crippen LogP contribution in [0.3, 0.4) is 0 Å². The van der Waals surface area contributed by atoms with Gasteiger partial charge in [0.25, 0.3) is 0 Å². The van der Waals surface area contributed by atoms with E-state index in [-0.39, 0.29) is 5.41 Å². The van der Waals surface area contributed by atoms with Crippen LogP contribution in [0.2, 0.25) is 0 Å². The Balaban J connectivity index is 2.73. The summed E-state index contributed by atoms with van der Waals surface area (Å²) in [7, 11) is 0. The lowest BCUT2D eigenvalue weighted by atomic mass is 9.76. The van der Waals surface area contributed by atoms with Crippen molar-refractivity contribution in [1.29, 1.82) is 0 Å². The van der Waals surface area contributed by atoms with Crippen molar-refractivity contribution < 1.29 is 0 Å². The van der Waals surface area contributed by atoms with Crippen molar-refractivity contribution >= 4 is 0 Å². The van der Waals surface area contributed by atoms with Gasteiger partial charge in [0.05, 0.1) is 5.92 Å². The average Bonchev–Trinajstić information content (AvgIpc) is 1.94. The van der Waals surface area contributed by atoms with E-state index in [9.17, 15) is 0 Å². The second kappa shape index (κ2) is 2.92. The van der Waals surface area contributed by atoms with Gasteiger partial charge in [0.2, 0.25) is 6.54 Å². The summed E-state index contributed by atoms with van der Waals surface area (Å²) in [5, 5.41) is 0. The van der Waals surface area contributed by atoms with Crippen LogP contribution in [-0.2, 0) is 0 Å². The molecule has 0 saturated heterocycles. The molecule has 0 spiro atoms. The van der Waals surface area contributed by atoms with E-state index in [1.165, 1.54) is 0 Å². The summed E-state index contributed by atoms with van der Waals surface area (Å²) in [6, 6.07) is 0. The lowest BCUT2D eigenvalue weighted by molar-refractivity contribution is 0.358. The van der Waals surface area contributed by atoms with Crippen molar-refractivity contribution in [3.63, 3.8) is 0 Å². The second-order valence-corrected chi connectivity index (χ2v) is 3.51. The van der Waals surface area contributed by atoms with Gasteiger partial charge in [-0.05, 0) is 5.41 Å². The Bertz CT molecular complexity index is 228. The molecule has 0 aliphatic heterocycles. The topological polar surface area (TPSA) is 4.36 Å². The summed E-state index contributed by atoms with van der Waals surface area (Å²) in [4.78, 5) is 3.42. The van der Waals surface area contributed by atoms with E-state index in [4.69, 9.17) is 6.57 Å². The van der Waals surface area contributed by atoms with Crippen LogP contribution < -0.4 is 0 Å². The zero-order valence-corrected chi connectivity index (χ0v) is 7.04. The predicted molar refractivity (Wildman–Crippen MR) is 47.0 cm³/mol. The molecule has 1 aliphatic carbocycles. The standard InChI is InChI=1S/C10H13N/c1-10(2)7-5-4-6-9(10)8-11-3/h4-7,9H,8H2,1-2H3. The van der Waals surface area contributed by atoms with Gasteiger partial charge in [-0.1, -0.05) is 38.2 Å². The molecule has 1 unspecified atom stereocenters. The van der Waals surface area contributed by atoms with Crippen LogP contribution in [0.15, 0.2) is 24.3 Å². The van der Waals surface area contributed by atoms with Gasteiger partial charge >= 0.3 is 0 Å². The molecule has 0 fully saturated rings. The Hall–Kier alpha value is -1.03. The number of hydrogen-bond donors (Lipinski definition) is 0. The van der Waals surface area contributed by atoms with Crippen molar-refractivity contribution in [2.45, 2.75) is 13.8 Å². The smallest absolute Gasteiger partial charge is 0.221 e. The highest BCUT2D eigenvalue weighted by Crippen LogP contribution is 2.32. The van der Waals surface area contributed by atoms with Crippen molar-refractivity contribution in [3.05, 3.63) is 35.7 Å². The summed E-state index contributed by atoms with van der Waals surface area (Å²) in [6.07, 6.45) is 8.38. The number of hydrogen-bond acceptors (Lipinski definition) is 0. The first-order chi connectivity index (χ1) is 5.17. The summed E-state index contributed by atoms with van der Waals surface area (Å²) < 4.78 is 0. The molecule has 0 radical (unpaired) electrons. The zero-order valence-electron chi connectivity index (χ0n) is 7.04. The highest BCUT2D eigenvalue weighted by molar-refractivity contribution is 5.18. The minimum atomic E-state index is 0.166. The maximum Gasteiger partial charge on any atom is 0.221 e. The van der Waals surface area contributed by atoms with Crippen molar-refractivity contribution in [2.75, 3.05) is 6.54 Å². The van der Waals surface area contributed by atoms with Gasteiger partial charge in [0.15, 0.2) is 0 Å². The van der Waals surface area contributed by atoms with E-state index in [0.29, 0.717) is 12.5 Å². The molecule has 11 heavy (non-hydrogen) atoms. The third-order valence-electron chi connectivity index (χ3n) is 2.22. The molecule has 0 aromatic heterocycles. The Kier molecular flexibility index (Phi) is 2.14. The van der Waals surface area contributed by atoms with Crippen molar-refractivity contribution in [3.8, 4) is 0 Å². The molecule has 0 aromatic carbocycles. The Morgan fingerprint density at radius 1 is 1.45 bits per heavy atom. The normalized spacial score (nSPS) is 26.5. The van der Waals surface area contributed by atoms with Gasteiger partial charge in [-0.25, -0.2) is 6.57 Å². The molecular formula is C10H13N. The highest BCUT2D eigenvalue weighted by Gasteiger charge is 2.28. The van der Waals surface area contributed by atoms with Crippen molar-refractivity contribution in [2.24, 2.45) is 11.3 Å². The Morgan fingerprint density at radius 2 is 2.18 bits per heavy atom. The van der Waals surface area contributed by atoms with Gasteiger partial charge in [0.1, 0.15) is 0 Å². The van der Waals surface area contributed by atoms with Crippen molar-refractivity contribution in [1.82, 2.24) is 0 Å². The molecule has 0 saturated carbocycles. The molecular weight excluding hydrogens is 134 g/mol. The van der Waals surface area contributed by atoms with E-state index in [2.05, 4.69) is 36.9 Å². The maximum atomic E-state index is 6.78. The fourth-order valence-corrected chi connectivity index (χ4v) is 1.27. The first-order valence-electron chi connectivity index (χ1n) is 3.86. The third kappa shape index (κ3) is 1.71. The summed E-state index contributed by atoms with van der Waals surface area (Å²) in [5.74, 6) is 0.394. The molecule has 1 nitrogen and oxygen atoms in total. The fourth-order valence-electron chi connectivity index (χ4n) is 1.27. The number of rotatable bonds is 1. The Morgan fingerprint density at radius 3 is 2.73 bits per heavy atom. The summed E-state index contributed by atoms with van der Waals surface area (Å²) in [6.45, 7) is 11.7. The van der Waals surface area contributed by atoms with E-state index >= 15 is 0 Å². The Labute approximate surface area is 68.2 Å². The van der Waals surface area contributed by atoms with Gasteiger partial charge in [0, 0.05) is 0 Å². The molecule has 0 aromatic rings. The SMILES string of the molecule is [C-]#[N+]CC1C=CC=CC1(C)C. The molecule has 1 heteroatoms. The summed E-state index contributed by atoms with van der Waals surface area (Å²) in [5.41, 5.74) is 0.166. The molecule has 0 heterocycles. The van der Waals surface area contributed by atoms with Crippen LogP contribution in [-0.4, -0.2) is 6.54 Å². The monoisotopic (exact) mass is 147 g/mol. The van der Waals surface area contributed by atoms with Crippen LogP contribution in [0, 0.1) is 17.9 Å². The van der Waals surface area contributed by atoms with Crippen LogP contribution in [0.25, 0.3) is 4.85 Å². The molecule has 1 atom stereocenters. The number of allylic oxidation sites excluding steroid dienone is 3. The minimum Gasteiger partial charge on any atom is -0.316 e. The first-order valence-corrected chi connectivity index (χ1v) is 3.86. The van der Waals surface area contributed by atoms with Crippen LogP contribution in [0.4, 0.5) is 0 Å². The zero-order chi connectivity index (χ0) is 8.32. The number of nitrogens with zero attached hydrogens (tertiary/aromatic N) is 1. The van der Waals surface area contributed by atoms with Crippen LogP contribution in [0.1, 0.15) is 13.8 Å².